The molecular formula is C18H15BrN2O7. The molecule has 28 heavy (non-hydrogen) atoms. The molecule has 1 heterocycles. The van der Waals surface area contributed by atoms with Crippen LogP contribution in [-0.2, 0) is 9.53 Å². The molecule has 146 valence electrons. The summed E-state index contributed by atoms with van der Waals surface area (Å²) >= 11 is 3.32. The first-order valence-electron chi connectivity index (χ1n) is 8.17. The van der Waals surface area contributed by atoms with Gasteiger partial charge in [0.15, 0.2) is 18.1 Å². The molecular weight excluding hydrogens is 436 g/mol. The SMILES string of the molecule is Cc1cccc(C(=O)OCC(=O)Nc2cc3c(cc2Br)OCCO3)c1[N+](=O)[O-]. The molecule has 0 bridgehead atoms. The summed E-state index contributed by atoms with van der Waals surface area (Å²) in [6, 6.07) is 7.55. The molecule has 1 N–H and O–H groups in total. The highest BCUT2D eigenvalue weighted by molar-refractivity contribution is 9.10. The quantitative estimate of drug-likeness (QED) is 0.422. The van der Waals surface area contributed by atoms with Crippen molar-refractivity contribution >= 4 is 39.2 Å². The number of nitrogens with one attached hydrogen (secondary N) is 1. The van der Waals surface area contributed by atoms with E-state index < -0.39 is 23.4 Å². The maximum absolute atomic E-state index is 12.2. The van der Waals surface area contributed by atoms with Gasteiger partial charge in [0.2, 0.25) is 0 Å². The number of nitro groups is 1. The van der Waals surface area contributed by atoms with E-state index in [0.717, 1.165) is 0 Å². The van der Waals surface area contributed by atoms with Crippen LogP contribution in [0.1, 0.15) is 15.9 Å². The van der Waals surface area contributed by atoms with E-state index in [-0.39, 0.29) is 11.3 Å². The lowest BCUT2D eigenvalue weighted by atomic mass is 10.1. The average Bonchev–Trinajstić information content (AvgIpc) is 2.66. The Labute approximate surface area is 167 Å². The van der Waals surface area contributed by atoms with Crippen LogP contribution >= 0.6 is 15.9 Å². The Hall–Kier alpha value is -3.14. The lowest BCUT2D eigenvalue weighted by Gasteiger charge is -2.20. The van der Waals surface area contributed by atoms with E-state index in [0.29, 0.717) is 40.4 Å². The first kappa shape index (κ1) is 19.6. The number of aryl methyl sites for hydroxylation is 1. The number of amides is 1. The molecule has 0 aliphatic carbocycles. The van der Waals surface area contributed by atoms with Crippen LogP contribution in [0, 0.1) is 17.0 Å². The Kier molecular flexibility index (Phi) is 5.78. The summed E-state index contributed by atoms with van der Waals surface area (Å²) < 4.78 is 16.4. The standard InChI is InChI=1S/C18H15BrN2O7/c1-10-3-2-4-11(17(10)21(24)25)18(23)28-9-16(22)20-13-8-15-14(7-12(13)19)26-5-6-27-15/h2-4,7-8H,5-6,9H2,1H3,(H,20,22). The summed E-state index contributed by atoms with van der Waals surface area (Å²) in [5.74, 6) is -0.528. The first-order valence-corrected chi connectivity index (χ1v) is 8.96. The predicted molar refractivity (Wildman–Crippen MR) is 102 cm³/mol. The lowest BCUT2D eigenvalue weighted by molar-refractivity contribution is -0.385. The van der Waals surface area contributed by atoms with Crippen molar-refractivity contribution in [2.45, 2.75) is 6.92 Å². The summed E-state index contributed by atoms with van der Waals surface area (Å²) in [5, 5.41) is 13.8. The molecule has 3 rings (SSSR count). The van der Waals surface area contributed by atoms with Crippen molar-refractivity contribution in [1.82, 2.24) is 0 Å². The number of hydrogen-bond donors (Lipinski definition) is 1. The topological polar surface area (TPSA) is 117 Å². The number of carbonyl (C=O) groups is 2. The fourth-order valence-corrected chi connectivity index (χ4v) is 3.04. The van der Waals surface area contributed by atoms with E-state index in [1.165, 1.54) is 25.1 Å². The molecule has 1 aliphatic rings. The number of nitro benzene ring substituents is 1. The normalized spacial score (nSPS) is 12.2. The molecule has 10 heteroatoms. The monoisotopic (exact) mass is 450 g/mol. The van der Waals surface area contributed by atoms with Crippen LogP contribution in [0.25, 0.3) is 0 Å². The molecule has 2 aromatic carbocycles. The van der Waals surface area contributed by atoms with Crippen molar-refractivity contribution < 1.29 is 28.7 Å². The van der Waals surface area contributed by atoms with E-state index in [1.807, 2.05) is 0 Å². The zero-order valence-electron chi connectivity index (χ0n) is 14.7. The minimum absolute atomic E-state index is 0.210. The summed E-state index contributed by atoms with van der Waals surface area (Å²) in [5.41, 5.74) is 0.178. The average molecular weight is 451 g/mol. The minimum Gasteiger partial charge on any atom is -0.486 e. The third-order valence-corrected chi connectivity index (χ3v) is 4.54. The fourth-order valence-electron chi connectivity index (χ4n) is 2.62. The van der Waals surface area contributed by atoms with Gasteiger partial charge < -0.3 is 19.5 Å². The van der Waals surface area contributed by atoms with Crippen LogP contribution in [-0.4, -0.2) is 36.6 Å². The molecule has 2 aromatic rings. The number of fused-ring (bicyclic) bond motifs is 1. The van der Waals surface area contributed by atoms with Gasteiger partial charge in [0, 0.05) is 22.2 Å². The van der Waals surface area contributed by atoms with Crippen molar-refractivity contribution in [3.05, 3.63) is 56.0 Å². The van der Waals surface area contributed by atoms with Gasteiger partial charge in [-0.3, -0.25) is 14.9 Å². The highest BCUT2D eigenvalue weighted by Gasteiger charge is 2.24. The van der Waals surface area contributed by atoms with E-state index in [4.69, 9.17) is 14.2 Å². The number of esters is 1. The Morgan fingerprint density at radius 3 is 2.61 bits per heavy atom. The van der Waals surface area contributed by atoms with Gasteiger partial charge in [-0.1, -0.05) is 12.1 Å². The predicted octanol–water partition coefficient (Wildman–Crippen LogP) is 3.23. The van der Waals surface area contributed by atoms with Gasteiger partial charge in [0.25, 0.3) is 11.6 Å². The van der Waals surface area contributed by atoms with Crippen molar-refractivity contribution in [3.63, 3.8) is 0 Å². The zero-order valence-corrected chi connectivity index (χ0v) is 16.3. The second-order valence-corrected chi connectivity index (χ2v) is 6.68. The molecule has 0 unspecified atom stereocenters. The Balaban J connectivity index is 1.66. The third-order valence-electron chi connectivity index (χ3n) is 3.88. The summed E-state index contributed by atoms with van der Waals surface area (Å²) in [4.78, 5) is 34.8. The molecule has 0 radical (unpaired) electrons. The summed E-state index contributed by atoms with van der Waals surface area (Å²) in [6.07, 6.45) is 0. The van der Waals surface area contributed by atoms with E-state index in [1.54, 1.807) is 12.1 Å². The van der Waals surface area contributed by atoms with Crippen LogP contribution in [0.3, 0.4) is 0 Å². The molecule has 0 atom stereocenters. The van der Waals surface area contributed by atoms with Gasteiger partial charge in [0.1, 0.15) is 18.8 Å². The maximum atomic E-state index is 12.2. The first-order chi connectivity index (χ1) is 13.4. The van der Waals surface area contributed by atoms with E-state index in [9.17, 15) is 19.7 Å². The van der Waals surface area contributed by atoms with Gasteiger partial charge in [-0.25, -0.2) is 4.79 Å². The van der Waals surface area contributed by atoms with Gasteiger partial charge in [-0.15, -0.1) is 0 Å². The second kappa shape index (κ2) is 8.26. The van der Waals surface area contributed by atoms with Crippen LogP contribution < -0.4 is 14.8 Å². The van der Waals surface area contributed by atoms with Crippen LogP contribution in [0.5, 0.6) is 11.5 Å². The van der Waals surface area contributed by atoms with Crippen LogP contribution in [0.15, 0.2) is 34.8 Å². The minimum atomic E-state index is -0.952. The Bertz CT molecular complexity index is 961. The molecule has 0 saturated heterocycles. The summed E-state index contributed by atoms with van der Waals surface area (Å²) in [6.45, 7) is 1.74. The van der Waals surface area contributed by atoms with Crippen molar-refractivity contribution in [3.8, 4) is 11.5 Å². The Morgan fingerprint density at radius 1 is 1.25 bits per heavy atom. The molecule has 0 spiro atoms. The van der Waals surface area contributed by atoms with Crippen molar-refractivity contribution in [2.24, 2.45) is 0 Å². The van der Waals surface area contributed by atoms with E-state index in [2.05, 4.69) is 21.2 Å². The highest BCUT2D eigenvalue weighted by atomic mass is 79.9. The van der Waals surface area contributed by atoms with Crippen molar-refractivity contribution in [1.29, 1.82) is 0 Å². The second-order valence-electron chi connectivity index (χ2n) is 5.83. The maximum Gasteiger partial charge on any atom is 0.345 e. The number of para-hydroxylation sites is 1. The zero-order chi connectivity index (χ0) is 20.3. The molecule has 9 nitrogen and oxygen atoms in total. The third kappa shape index (κ3) is 4.22. The smallest absolute Gasteiger partial charge is 0.345 e. The number of anilines is 1. The van der Waals surface area contributed by atoms with Crippen molar-refractivity contribution in [2.75, 3.05) is 25.1 Å². The molecule has 0 aromatic heterocycles. The fraction of sp³-hybridized carbons (Fsp3) is 0.222. The van der Waals surface area contributed by atoms with Gasteiger partial charge >= 0.3 is 5.97 Å². The van der Waals surface area contributed by atoms with Gasteiger partial charge in [-0.05, 0) is 28.9 Å². The van der Waals surface area contributed by atoms with Crippen LogP contribution in [0.2, 0.25) is 0 Å². The number of hydrogen-bond acceptors (Lipinski definition) is 7. The number of nitrogens with zero attached hydrogens (tertiary/aromatic N) is 1. The number of ether oxygens (including phenoxy) is 3. The molecule has 1 aliphatic heterocycles. The van der Waals surface area contributed by atoms with Crippen LogP contribution in [0.4, 0.5) is 11.4 Å². The highest BCUT2D eigenvalue weighted by Crippen LogP contribution is 2.38. The molecule has 0 fully saturated rings. The summed E-state index contributed by atoms with van der Waals surface area (Å²) in [7, 11) is 0. The molecule has 1 amide bonds. The van der Waals surface area contributed by atoms with Gasteiger partial charge in [-0.2, -0.15) is 0 Å². The lowest BCUT2D eigenvalue weighted by Crippen LogP contribution is -2.22. The number of halogens is 1. The number of benzene rings is 2. The number of rotatable bonds is 5. The number of carbonyl (C=O) groups excluding carboxylic acids is 2. The van der Waals surface area contributed by atoms with Gasteiger partial charge in [0.05, 0.1) is 10.6 Å². The largest absolute Gasteiger partial charge is 0.486 e. The Morgan fingerprint density at radius 2 is 1.93 bits per heavy atom. The van der Waals surface area contributed by atoms with E-state index >= 15 is 0 Å². The molecule has 0 saturated carbocycles.